The molecule has 6 nitrogen and oxygen atoms in total. The molecule has 6 heteroatoms. The van der Waals surface area contributed by atoms with Crippen molar-refractivity contribution in [2.24, 2.45) is 5.10 Å². The summed E-state index contributed by atoms with van der Waals surface area (Å²) in [6.07, 6.45) is 4.12. The molecule has 1 amide bonds. The van der Waals surface area contributed by atoms with Crippen molar-refractivity contribution >= 4 is 12.1 Å². The average Bonchev–Trinajstić information content (AvgIpc) is 3.19. The number of aromatic hydroxyl groups is 1. The molecule has 1 aliphatic rings. The summed E-state index contributed by atoms with van der Waals surface area (Å²) in [5.74, 6) is -0.507. The van der Waals surface area contributed by atoms with Gasteiger partial charge in [-0.15, -0.1) is 0 Å². The highest BCUT2D eigenvalue weighted by Crippen LogP contribution is 2.19. The molecule has 132 valence electrons. The van der Waals surface area contributed by atoms with Crippen molar-refractivity contribution in [3.05, 3.63) is 52.8 Å². The summed E-state index contributed by atoms with van der Waals surface area (Å²) in [6.45, 7) is 5.78. The van der Waals surface area contributed by atoms with E-state index in [2.05, 4.69) is 22.0 Å². The molecule has 1 atom stereocenters. The van der Waals surface area contributed by atoms with Crippen LogP contribution in [-0.4, -0.2) is 34.5 Å². The van der Waals surface area contributed by atoms with Gasteiger partial charge in [-0.2, -0.15) is 5.10 Å². The van der Waals surface area contributed by atoms with E-state index in [0.717, 1.165) is 42.9 Å². The van der Waals surface area contributed by atoms with Crippen molar-refractivity contribution in [2.75, 3.05) is 6.61 Å². The fourth-order valence-corrected chi connectivity index (χ4v) is 3.12. The molecule has 1 aromatic heterocycles. The number of hydrogen-bond donors (Lipinski definition) is 2. The number of carbonyl (C=O) groups excluding carboxylic acids is 1. The second-order valence-corrected chi connectivity index (χ2v) is 6.29. The zero-order valence-corrected chi connectivity index (χ0v) is 14.5. The quantitative estimate of drug-likeness (QED) is 0.648. The number of phenols is 1. The van der Waals surface area contributed by atoms with Crippen LogP contribution in [0.1, 0.15) is 40.2 Å². The van der Waals surface area contributed by atoms with Crippen molar-refractivity contribution in [2.45, 2.75) is 39.3 Å². The first-order chi connectivity index (χ1) is 12.1. The molecule has 1 aromatic carbocycles. The molecule has 0 saturated carbocycles. The lowest BCUT2D eigenvalue weighted by Crippen LogP contribution is -2.18. The number of aromatic nitrogens is 1. The fraction of sp³-hybridized carbons (Fsp3) is 0.368. The first-order valence-electron chi connectivity index (χ1n) is 8.46. The Hall–Kier alpha value is -2.60. The van der Waals surface area contributed by atoms with Crippen LogP contribution < -0.4 is 5.43 Å². The normalized spacial score (nSPS) is 17.3. The van der Waals surface area contributed by atoms with Crippen LogP contribution in [0.4, 0.5) is 0 Å². The minimum Gasteiger partial charge on any atom is -0.507 e. The Morgan fingerprint density at radius 2 is 2.24 bits per heavy atom. The van der Waals surface area contributed by atoms with Crippen LogP contribution >= 0.6 is 0 Å². The van der Waals surface area contributed by atoms with Gasteiger partial charge in [-0.05, 0) is 44.9 Å². The number of amides is 1. The molecule has 1 aliphatic heterocycles. The smallest absolute Gasteiger partial charge is 0.275 e. The summed E-state index contributed by atoms with van der Waals surface area (Å²) in [4.78, 5) is 12.0. The third kappa shape index (κ3) is 3.91. The summed E-state index contributed by atoms with van der Waals surface area (Å²) in [5, 5.41) is 13.7. The summed E-state index contributed by atoms with van der Waals surface area (Å²) >= 11 is 0. The van der Waals surface area contributed by atoms with E-state index >= 15 is 0 Å². The number of hydrogen-bond acceptors (Lipinski definition) is 4. The second kappa shape index (κ2) is 7.53. The van der Waals surface area contributed by atoms with Crippen LogP contribution in [0, 0.1) is 13.8 Å². The van der Waals surface area contributed by atoms with Crippen LogP contribution in [-0.2, 0) is 11.3 Å². The predicted octanol–water partition coefficient (Wildman–Crippen LogP) is 2.75. The van der Waals surface area contributed by atoms with Crippen molar-refractivity contribution in [1.29, 1.82) is 0 Å². The summed E-state index contributed by atoms with van der Waals surface area (Å²) in [5.41, 5.74) is 5.84. The zero-order chi connectivity index (χ0) is 17.8. The van der Waals surface area contributed by atoms with Crippen molar-refractivity contribution < 1.29 is 14.6 Å². The van der Waals surface area contributed by atoms with E-state index in [9.17, 15) is 9.90 Å². The van der Waals surface area contributed by atoms with Gasteiger partial charge in [0.2, 0.25) is 0 Å². The Bertz CT molecular complexity index is 789. The molecule has 2 heterocycles. The number of rotatable bonds is 5. The van der Waals surface area contributed by atoms with Gasteiger partial charge in [0.15, 0.2) is 0 Å². The number of aryl methyl sites for hydroxylation is 1. The highest BCUT2D eigenvalue weighted by atomic mass is 16.5. The van der Waals surface area contributed by atoms with E-state index in [0.29, 0.717) is 0 Å². The fourth-order valence-electron chi connectivity index (χ4n) is 3.12. The number of hydrazone groups is 1. The molecular formula is C19H23N3O3. The maximum absolute atomic E-state index is 12.0. The van der Waals surface area contributed by atoms with E-state index in [1.807, 2.05) is 13.0 Å². The zero-order valence-electron chi connectivity index (χ0n) is 14.5. The van der Waals surface area contributed by atoms with E-state index in [-0.39, 0.29) is 17.4 Å². The van der Waals surface area contributed by atoms with E-state index < -0.39 is 5.91 Å². The molecule has 2 aromatic rings. The lowest BCUT2D eigenvalue weighted by Gasteiger charge is -2.14. The molecule has 3 rings (SSSR count). The summed E-state index contributed by atoms with van der Waals surface area (Å²) in [6, 6.07) is 8.42. The number of nitrogens with zero attached hydrogens (tertiary/aromatic N) is 2. The molecule has 0 unspecified atom stereocenters. The first kappa shape index (κ1) is 17.2. The molecule has 1 saturated heterocycles. The Balaban J connectivity index is 1.67. The van der Waals surface area contributed by atoms with Gasteiger partial charge in [-0.1, -0.05) is 12.1 Å². The van der Waals surface area contributed by atoms with E-state index in [4.69, 9.17) is 4.74 Å². The second-order valence-electron chi connectivity index (χ2n) is 6.29. The third-order valence-electron chi connectivity index (χ3n) is 4.54. The highest BCUT2D eigenvalue weighted by Gasteiger charge is 2.18. The molecular weight excluding hydrogens is 318 g/mol. The topological polar surface area (TPSA) is 75.9 Å². The van der Waals surface area contributed by atoms with Crippen LogP contribution in [0.2, 0.25) is 0 Å². The van der Waals surface area contributed by atoms with Crippen molar-refractivity contribution in [3.8, 4) is 5.75 Å². The van der Waals surface area contributed by atoms with E-state index in [1.54, 1.807) is 24.4 Å². The van der Waals surface area contributed by atoms with Gasteiger partial charge < -0.3 is 14.4 Å². The number of benzene rings is 1. The summed E-state index contributed by atoms with van der Waals surface area (Å²) in [7, 11) is 0. The summed E-state index contributed by atoms with van der Waals surface area (Å²) < 4.78 is 7.94. The minimum atomic E-state index is -0.442. The molecule has 25 heavy (non-hydrogen) atoms. The Morgan fingerprint density at radius 3 is 2.96 bits per heavy atom. The molecule has 0 spiro atoms. The van der Waals surface area contributed by atoms with Crippen molar-refractivity contribution in [1.82, 2.24) is 9.99 Å². The maximum atomic E-state index is 12.0. The van der Waals surface area contributed by atoms with Gasteiger partial charge in [-0.3, -0.25) is 4.79 Å². The van der Waals surface area contributed by atoms with E-state index in [1.165, 1.54) is 6.07 Å². The minimum absolute atomic E-state index is 0.0649. The first-order valence-corrected chi connectivity index (χ1v) is 8.46. The SMILES string of the molecule is Cc1cc(/C=N\NC(=O)c2ccccc2O)c(C)n1C[C@@H]1CCCO1. The van der Waals surface area contributed by atoms with Crippen LogP contribution in [0.25, 0.3) is 0 Å². The van der Waals surface area contributed by atoms with Crippen LogP contribution in [0.3, 0.4) is 0 Å². The maximum Gasteiger partial charge on any atom is 0.275 e. The van der Waals surface area contributed by atoms with Crippen LogP contribution in [0.5, 0.6) is 5.75 Å². The molecule has 2 N–H and O–H groups in total. The predicted molar refractivity (Wildman–Crippen MR) is 96.0 cm³/mol. The average molecular weight is 341 g/mol. The molecule has 0 radical (unpaired) electrons. The van der Waals surface area contributed by atoms with Gasteiger partial charge in [0, 0.05) is 30.1 Å². The van der Waals surface area contributed by atoms with Gasteiger partial charge in [-0.25, -0.2) is 5.43 Å². The van der Waals surface area contributed by atoms with Gasteiger partial charge >= 0.3 is 0 Å². The number of para-hydroxylation sites is 1. The van der Waals surface area contributed by atoms with Gasteiger partial charge in [0.25, 0.3) is 5.91 Å². The third-order valence-corrected chi connectivity index (χ3v) is 4.54. The molecule has 0 aliphatic carbocycles. The van der Waals surface area contributed by atoms with Gasteiger partial charge in [0.05, 0.1) is 17.9 Å². The Labute approximate surface area is 147 Å². The lowest BCUT2D eigenvalue weighted by atomic mass is 10.2. The number of carbonyl (C=O) groups is 1. The standard InChI is InChI=1S/C19H23N3O3/c1-13-10-15(14(2)22(13)12-16-6-5-9-25-16)11-20-21-19(24)17-7-3-4-8-18(17)23/h3-4,7-8,10-11,16,23H,5-6,9,12H2,1-2H3,(H,21,24)/b20-11-/t16-/m0/s1. The number of nitrogens with one attached hydrogen (secondary N) is 1. The molecule has 0 bridgehead atoms. The number of phenolic OH excluding ortho intramolecular Hbond substituents is 1. The Kier molecular flexibility index (Phi) is 5.19. The monoisotopic (exact) mass is 341 g/mol. The van der Waals surface area contributed by atoms with Gasteiger partial charge in [0.1, 0.15) is 5.75 Å². The number of ether oxygens (including phenoxy) is 1. The Morgan fingerprint density at radius 1 is 1.44 bits per heavy atom. The van der Waals surface area contributed by atoms with Crippen molar-refractivity contribution in [3.63, 3.8) is 0 Å². The van der Waals surface area contributed by atoms with Crippen LogP contribution in [0.15, 0.2) is 35.4 Å². The highest BCUT2D eigenvalue weighted by molar-refractivity contribution is 5.97. The lowest BCUT2D eigenvalue weighted by molar-refractivity contribution is 0.0952. The largest absolute Gasteiger partial charge is 0.507 e. The molecule has 1 fully saturated rings.